The van der Waals surface area contributed by atoms with Gasteiger partial charge < -0.3 is 10.2 Å². The Bertz CT molecular complexity index is 444. The second kappa shape index (κ2) is 7.36. The van der Waals surface area contributed by atoms with Gasteiger partial charge in [-0.1, -0.05) is 25.1 Å². The molecule has 1 heterocycles. The van der Waals surface area contributed by atoms with E-state index in [0.29, 0.717) is 12.5 Å². The first-order chi connectivity index (χ1) is 9.66. The van der Waals surface area contributed by atoms with Gasteiger partial charge in [0, 0.05) is 24.7 Å². The van der Waals surface area contributed by atoms with E-state index in [1.54, 1.807) is 12.1 Å². The number of hydrogen-bond donors (Lipinski definition) is 1. The number of likely N-dealkylation sites (tertiary alicyclic amines) is 1. The molecule has 5 heteroatoms. The minimum absolute atomic E-state index is 0.201. The second-order valence-corrected chi connectivity index (χ2v) is 5.63. The minimum Gasteiger partial charge on any atom is -0.312 e. The Labute approximate surface area is 120 Å². The van der Waals surface area contributed by atoms with E-state index >= 15 is 0 Å². The van der Waals surface area contributed by atoms with Gasteiger partial charge in [-0.05, 0) is 38.4 Å². The van der Waals surface area contributed by atoms with Crippen molar-refractivity contribution >= 4 is 5.69 Å². The van der Waals surface area contributed by atoms with Crippen LogP contribution in [-0.4, -0.2) is 36.0 Å². The van der Waals surface area contributed by atoms with Crippen molar-refractivity contribution in [1.29, 1.82) is 0 Å². The molecule has 110 valence electrons. The summed E-state index contributed by atoms with van der Waals surface area (Å²) in [6.45, 7) is 7.22. The number of nitro groups is 1. The number of para-hydroxylation sites is 1. The fraction of sp³-hybridized carbons (Fsp3) is 0.600. The lowest BCUT2D eigenvalue weighted by molar-refractivity contribution is -0.385. The lowest BCUT2D eigenvalue weighted by Gasteiger charge is -2.20. The predicted octanol–water partition coefficient (Wildman–Crippen LogP) is 2.42. The smallest absolute Gasteiger partial charge is 0.273 e. The topological polar surface area (TPSA) is 58.4 Å². The van der Waals surface area contributed by atoms with Crippen molar-refractivity contribution in [3.8, 4) is 0 Å². The lowest BCUT2D eigenvalue weighted by atomic mass is 10.1. The van der Waals surface area contributed by atoms with E-state index in [2.05, 4.69) is 17.1 Å². The number of nitro benzene ring substituents is 1. The summed E-state index contributed by atoms with van der Waals surface area (Å²) in [5.74, 6) is 0.566. The molecular weight excluding hydrogens is 254 g/mol. The number of hydrogen-bond acceptors (Lipinski definition) is 4. The first kappa shape index (κ1) is 14.9. The van der Waals surface area contributed by atoms with Crippen LogP contribution in [-0.2, 0) is 6.54 Å². The Balaban J connectivity index is 1.76. The Morgan fingerprint density at radius 1 is 1.35 bits per heavy atom. The highest BCUT2D eigenvalue weighted by molar-refractivity contribution is 5.39. The molecule has 0 bridgehead atoms. The molecule has 1 aromatic carbocycles. The number of rotatable bonds is 7. The monoisotopic (exact) mass is 277 g/mol. The molecule has 0 amide bonds. The van der Waals surface area contributed by atoms with Gasteiger partial charge in [0.05, 0.1) is 4.92 Å². The van der Waals surface area contributed by atoms with Crippen LogP contribution in [0.3, 0.4) is 0 Å². The van der Waals surface area contributed by atoms with Crippen molar-refractivity contribution in [1.82, 2.24) is 10.2 Å². The SMILES string of the molecule is CC(CNCc1ccccc1[N+](=O)[O-])CN1CCCC1. The van der Waals surface area contributed by atoms with Crippen LogP contribution in [0.25, 0.3) is 0 Å². The van der Waals surface area contributed by atoms with Crippen LogP contribution in [0.1, 0.15) is 25.3 Å². The van der Waals surface area contributed by atoms with Crippen molar-refractivity contribution in [2.75, 3.05) is 26.2 Å². The fourth-order valence-electron chi connectivity index (χ4n) is 2.76. The first-order valence-electron chi connectivity index (χ1n) is 7.32. The largest absolute Gasteiger partial charge is 0.312 e. The molecule has 0 radical (unpaired) electrons. The molecule has 5 nitrogen and oxygen atoms in total. The molecule has 0 spiro atoms. The standard InChI is InChI=1S/C15H23N3O2/c1-13(12-17-8-4-5-9-17)10-16-11-14-6-2-3-7-15(14)18(19)20/h2-3,6-7,13,16H,4-5,8-12H2,1H3. The zero-order valence-corrected chi connectivity index (χ0v) is 12.0. The zero-order chi connectivity index (χ0) is 14.4. The van der Waals surface area contributed by atoms with Gasteiger partial charge in [0.25, 0.3) is 5.69 Å². The van der Waals surface area contributed by atoms with Crippen LogP contribution in [0.5, 0.6) is 0 Å². The molecule has 0 aliphatic carbocycles. The fourth-order valence-corrected chi connectivity index (χ4v) is 2.76. The molecule has 2 rings (SSSR count). The van der Waals surface area contributed by atoms with Crippen molar-refractivity contribution in [2.45, 2.75) is 26.3 Å². The molecule has 1 saturated heterocycles. The van der Waals surface area contributed by atoms with Gasteiger partial charge in [-0.15, -0.1) is 0 Å². The van der Waals surface area contributed by atoms with E-state index in [4.69, 9.17) is 0 Å². The van der Waals surface area contributed by atoms with E-state index in [1.165, 1.54) is 25.9 Å². The van der Waals surface area contributed by atoms with Crippen LogP contribution >= 0.6 is 0 Å². The van der Waals surface area contributed by atoms with Crippen molar-refractivity contribution in [3.63, 3.8) is 0 Å². The number of nitrogens with one attached hydrogen (secondary N) is 1. The summed E-state index contributed by atoms with van der Waals surface area (Å²) in [6, 6.07) is 6.93. The Kier molecular flexibility index (Phi) is 5.49. The van der Waals surface area contributed by atoms with Gasteiger partial charge in [-0.3, -0.25) is 10.1 Å². The van der Waals surface area contributed by atoms with Crippen LogP contribution in [0.4, 0.5) is 5.69 Å². The summed E-state index contributed by atoms with van der Waals surface area (Å²) in [7, 11) is 0. The van der Waals surface area contributed by atoms with Crippen molar-refractivity contribution < 1.29 is 4.92 Å². The van der Waals surface area contributed by atoms with Crippen LogP contribution in [0.15, 0.2) is 24.3 Å². The molecule has 20 heavy (non-hydrogen) atoms. The van der Waals surface area contributed by atoms with Crippen LogP contribution in [0, 0.1) is 16.0 Å². The van der Waals surface area contributed by atoms with Crippen LogP contribution in [0.2, 0.25) is 0 Å². The molecule has 1 atom stereocenters. The minimum atomic E-state index is -0.315. The van der Waals surface area contributed by atoms with Gasteiger partial charge >= 0.3 is 0 Å². The molecule has 0 aromatic heterocycles. The quantitative estimate of drug-likeness (QED) is 0.614. The first-order valence-corrected chi connectivity index (χ1v) is 7.32. The maximum absolute atomic E-state index is 10.9. The summed E-state index contributed by atoms with van der Waals surface area (Å²) in [5.41, 5.74) is 0.957. The van der Waals surface area contributed by atoms with E-state index in [-0.39, 0.29) is 10.6 Å². The third-order valence-electron chi connectivity index (χ3n) is 3.77. The molecule has 1 aliphatic heterocycles. The summed E-state index contributed by atoms with van der Waals surface area (Å²) < 4.78 is 0. The zero-order valence-electron chi connectivity index (χ0n) is 12.0. The van der Waals surface area contributed by atoms with E-state index in [1.807, 2.05) is 12.1 Å². The third kappa shape index (κ3) is 4.28. The molecule has 0 saturated carbocycles. The summed E-state index contributed by atoms with van der Waals surface area (Å²) in [4.78, 5) is 13.1. The van der Waals surface area contributed by atoms with E-state index in [0.717, 1.165) is 18.7 Å². The van der Waals surface area contributed by atoms with E-state index in [9.17, 15) is 10.1 Å². The number of benzene rings is 1. The summed E-state index contributed by atoms with van der Waals surface area (Å²) in [5, 5.41) is 14.3. The van der Waals surface area contributed by atoms with Crippen molar-refractivity contribution in [2.24, 2.45) is 5.92 Å². The second-order valence-electron chi connectivity index (χ2n) is 5.63. The molecule has 1 aliphatic rings. The Morgan fingerprint density at radius 3 is 2.75 bits per heavy atom. The highest BCUT2D eigenvalue weighted by Gasteiger charge is 2.15. The molecule has 1 fully saturated rings. The number of nitrogens with zero attached hydrogens (tertiary/aromatic N) is 2. The van der Waals surface area contributed by atoms with Gasteiger partial charge in [0.2, 0.25) is 0 Å². The Hall–Kier alpha value is -1.46. The van der Waals surface area contributed by atoms with Gasteiger partial charge in [-0.2, -0.15) is 0 Å². The highest BCUT2D eigenvalue weighted by atomic mass is 16.6. The summed E-state index contributed by atoms with van der Waals surface area (Å²) >= 11 is 0. The maximum atomic E-state index is 10.9. The van der Waals surface area contributed by atoms with Gasteiger partial charge in [0.15, 0.2) is 0 Å². The molecule has 1 unspecified atom stereocenters. The maximum Gasteiger partial charge on any atom is 0.273 e. The average Bonchev–Trinajstić information content (AvgIpc) is 2.92. The lowest BCUT2D eigenvalue weighted by Crippen LogP contribution is -2.31. The highest BCUT2D eigenvalue weighted by Crippen LogP contribution is 2.17. The Morgan fingerprint density at radius 2 is 2.05 bits per heavy atom. The van der Waals surface area contributed by atoms with Gasteiger partial charge in [0.1, 0.15) is 0 Å². The normalized spacial score (nSPS) is 17.2. The molecular formula is C15H23N3O2. The summed E-state index contributed by atoms with van der Waals surface area (Å²) in [6.07, 6.45) is 2.63. The van der Waals surface area contributed by atoms with E-state index < -0.39 is 0 Å². The van der Waals surface area contributed by atoms with Gasteiger partial charge in [-0.25, -0.2) is 0 Å². The molecule has 1 aromatic rings. The van der Waals surface area contributed by atoms with Crippen molar-refractivity contribution in [3.05, 3.63) is 39.9 Å². The predicted molar refractivity (Wildman–Crippen MR) is 79.6 cm³/mol. The third-order valence-corrected chi connectivity index (χ3v) is 3.77. The molecule has 1 N–H and O–H groups in total. The van der Waals surface area contributed by atoms with Crippen LogP contribution < -0.4 is 5.32 Å². The average molecular weight is 277 g/mol.